The molecule has 0 bridgehead atoms. The van der Waals surface area contributed by atoms with Crippen molar-refractivity contribution in [2.24, 2.45) is 0 Å². The summed E-state index contributed by atoms with van der Waals surface area (Å²) in [7, 11) is 1.53. The van der Waals surface area contributed by atoms with Crippen molar-refractivity contribution in [3.05, 3.63) is 69.8 Å². The van der Waals surface area contributed by atoms with Gasteiger partial charge >= 0.3 is 0 Å². The second-order valence-electron chi connectivity index (χ2n) is 7.88. The molecule has 6 nitrogen and oxygen atoms in total. The maximum atomic E-state index is 13.0. The SMILES string of the molecule is CCOc1ccc(C(O)=C2C(=O)C(=O)N(CCOC)C2c2ccc(C(C)C)cc2)cc1Cl. The van der Waals surface area contributed by atoms with Crippen LogP contribution in [0.3, 0.4) is 0 Å². The summed E-state index contributed by atoms with van der Waals surface area (Å²) >= 11 is 6.28. The highest BCUT2D eigenvalue weighted by molar-refractivity contribution is 6.46. The van der Waals surface area contributed by atoms with Crippen LogP contribution in [0.1, 0.15) is 49.4 Å². The highest BCUT2D eigenvalue weighted by atomic mass is 35.5. The topological polar surface area (TPSA) is 76.1 Å². The van der Waals surface area contributed by atoms with E-state index in [2.05, 4.69) is 13.8 Å². The first-order valence-electron chi connectivity index (χ1n) is 10.6. The Balaban J connectivity index is 2.12. The van der Waals surface area contributed by atoms with Crippen LogP contribution in [0.15, 0.2) is 48.0 Å². The number of ketones is 1. The van der Waals surface area contributed by atoms with E-state index in [0.29, 0.717) is 28.9 Å². The van der Waals surface area contributed by atoms with Gasteiger partial charge in [-0.1, -0.05) is 49.7 Å². The summed E-state index contributed by atoms with van der Waals surface area (Å²) in [5.41, 5.74) is 2.25. The molecule has 0 spiro atoms. The van der Waals surface area contributed by atoms with Gasteiger partial charge in [-0.05, 0) is 42.2 Å². The van der Waals surface area contributed by atoms with Gasteiger partial charge in [-0.15, -0.1) is 0 Å². The minimum Gasteiger partial charge on any atom is -0.507 e. The highest BCUT2D eigenvalue weighted by Gasteiger charge is 2.45. The zero-order valence-electron chi connectivity index (χ0n) is 18.7. The van der Waals surface area contributed by atoms with Crippen LogP contribution in [0, 0.1) is 0 Å². The number of hydrogen-bond acceptors (Lipinski definition) is 5. The number of likely N-dealkylation sites (tertiary alicyclic amines) is 1. The Morgan fingerprint density at radius 1 is 1.16 bits per heavy atom. The highest BCUT2D eigenvalue weighted by Crippen LogP contribution is 2.40. The smallest absolute Gasteiger partial charge is 0.295 e. The van der Waals surface area contributed by atoms with Crippen LogP contribution in [-0.4, -0.2) is 48.6 Å². The van der Waals surface area contributed by atoms with Crippen LogP contribution in [-0.2, 0) is 14.3 Å². The largest absolute Gasteiger partial charge is 0.507 e. The lowest BCUT2D eigenvalue weighted by molar-refractivity contribution is -0.140. The molecule has 1 amide bonds. The molecule has 0 aromatic heterocycles. The van der Waals surface area contributed by atoms with Gasteiger partial charge in [0, 0.05) is 19.2 Å². The number of aliphatic hydroxyl groups is 1. The molecule has 1 fully saturated rings. The normalized spacial score (nSPS) is 17.9. The van der Waals surface area contributed by atoms with Gasteiger partial charge in [-0.25, -0.2) is 0 Å². The number of Topliss-reactive ketones (excluding diaryl/α,β-unsaturated/α-hetero) is 1. The Morgan fingerprint density at radius 3 is 2.41 bits per heavy atom. The fourth-order valence-corrected chi connectivity index (χ4v) is 4.02. The monoisotopic (exact) mass is 457 g/mol. The van der Waals surface area contributed by atoms with Crippen LogP contribution in [0.25, 0.3) is 5.76 Å². The molecular formula is C25H28ClNO5. The molecule has 7 heteroatoms. The number of halogens is 1. The van der Waals surface area contributed by atoms with E-state index < -0.39 is 17.7 Å². The standard InChI is InChI=1S/C25H28ClNO5/c1-5-32-20-11-10-18(14-19(20)26)23(28)21-22(17-8-6-16(7-9-17)15(2)3)27(12-13-31-4)25(30)24(21)29/h6-11,14-15,22,28H,5,12-13H2,1-4H3. The first-order valence-corrected chi connectivity index (χ1v) is 11.0. The maximum Gasteiger partial charge on any atom is 0.295 e. The average molecular weight is 458 g/mol. The van der Waals surface area contributed by atoms with E-state index in [0.717, 1.165) is 11.1 Å². The number of amides is 1. The van der Waals surface area contributed by atoms with Crippen molar-refractivity contribution in [1.29, 1.82) is 0 Å². The summed E-state index contributed by atoms with van der Waals surface area (Å²) < 4.78 is 10.6. The Morgan fingerprint density at radius 2 is 1.84 bits per heavy atom. The minimum atomic E-state index is -0.735. The Labute approximate surface area is 193 Å². The van der Waals surface area contributed by atoms with E-state index in [1.165, 1.54) is 18.1 Å². The summed E-state index contributed by atoms with van der Waals surface area (Å²) in [4.78, 5) is 27.3. The van der Waals surface area contributed by atoms with Crippen LogP contribution < -0.4 is 4.74 Å². The van der Waals surface area contributed by atoms with Gasteiger partial charge in [0.2, 0.25) is 0 Å². The molecule has 0 radical (unpaired) electrons. The maximum absolute atomic E-state index is 13.0. The summed E-state index contributed by atoms with van der Waals surface area (Å²) in [5, 5.41) is 11.4. The lowest BCUT2D eigenvalue weighted by atomic mass is 9.93. The van der Waals surface area contributed by atoms with Crippen LogP contribution >= 0.6 is 11.6 Å². The summed E-state index contributed by atoms with van der Waals surface area (Å²) in [6.07, 6.45) is 0. The third kappa shape index (κ3) is 4.66. The summed E-state index contributed by atoms with van der Waals surface area (Å²) in [5.74, 6) is -0.853. The molecule has 170 valence electrons. The zero-order chi connectivity index (χ0) is 23.4. The van der Waals surface area contributed by atoms with Crippen LogP contribution in [0.2, 0.25) is 5.02 Å². The number of benzene rings is 2. The Hall–Kier alpha value is -2.83. The van der Waals surface area contributed by atoms with Gasteiger partial charge in [-0.2, -0.15) is 0 Å². The van der Waals surface area contributed by atoms with Crippen molar-refractivity contribution in [1.82, 2.24) is 4.90 Å². The summed E-state index contributed by atoms with van der Waals surface area (Å²) in [6, 6.07) is 11.8. The van der Waals surface area contributed by atoms with Gasteiger partial charge < -0.3 is 19.5 Å². The number of methoxy groups -OCH3 is 1. The van der Waals surface area contributed by atoms with Crippen molar-refractivity contribution in [2.45, 2.75) is 32.7 Å². The molecule has 1 N–H and O–H groups in total. The second kappa shape index (κ2) is 10.2. The average Bonchev–Trinajstić information content (AvgIpc) is 3.03. The number of nitrogens with zero attached hydrogens (tertiary/aromatic N) is 1. The third-order valence-corrected chi connectivity index (χ3v) is 5.80. The predicted molar refractivity (Wildman–Crippen MR) is 124 cm³/mol. The number of hydrogen-bond donors (Lipinski definition) is 1. The van der Waals surface area contributed by atoms with E-state index >= 15 is 0 Å². The molecule has 0 saturated carbocycles. The van der Waals surface area contributed by atoms with E-state index in [9.17, 15) is 14.7 Å². The quantitative estimate of drug-likeness (QED) is 0.345. The Bertz CT molecular complexity index is 1030. The van der Waals surface area contributed by atoms with Crippen molar-refractivity contribution in [2.75, 3.05) is 26.9 Å². The second-order valence-corrected chi connectivity index (χ2v) is 8.29. The Kier molecular flexibility index (Phi) is 7.59. The first-order chi connectivity index (χ1) is 15.3. The third-order valence-electron chi connectivity index (χ3n) is 5.50. The lowest BCUT2D eigenvalue weighted by Crippen LogP contribution is -2.32. The molecule has 2 aromatic carbocycles. The molecule has 1 unspecified atom stereocenters. The van der Waals surface area contributed by atoms with Gasteiger partial charge in [0.25, 0.3) is 11.7 Å². The molecule has 3 rings (SSSR count). The number of carbonyl (C=O) groups is 2. The van der Waals surface area contributed by atoms with Gasteiger partial charge in [0.1, 0.15) is 11.5 Å². The van der Waals surface area contributed by atoms with E-state index in [-0.39, 0.29) is 24.5 Å². The van der Waals surface area contributed by atoms with Crippen molar-refractivity contribution >= 4 is 29.1 Å². The van der Waals surface area contributed by atoms with Gasteiger partial charge in [0.15, 0.2) is 0 Å². The van der Waals surface area contributed by atoms with E-state index in [1.54, 1.807) is 12.1 Å². The van der Waals surface area contributed by atoms with E-state index in [1.807, 2.05) is 31.2 Å². The lowest BCUT2D eigenvalue weighted by Gasteiger charge is -2.25. The molecule has 1 saturated heterocycles. The molecule has 32 heavy (non-hydrogen) atoms. The molecule has 1 heterocycles. The molecule has 1 aliphatic heterocycles. The first kappa shape index (κ1) is 23.8. The van der Waals surface area contributed by atoms with Crippen LogP contribution in [0.5, 0.6) is 5.75 Å². The summed E-state index contributed by atoms with van der Waals surface area (Å²) in [6.45, 7) is 6.96. The van der Waals surface area contributed by atoms with Crippen molar-refractivity contribution in [3.8, 4) is 5.75 Å². The fourth-order valence-electron chi connectivity index (χ4n) is 3.79. The zero-order valence-corrected chi connectivity index (χ0v) is 19.5. The van der Waals surface area contributed by atoms with Gasteiger partial charge in [-0.3, -0.25) is 9.59 Å². The number of rotatable bonds is 8. The molecule has 1 atom stereocenters. The molecule has 1 aliphatic rings. The predicted octanol–water partition coefficient (Wildman–Crippen LogP) is 4.93. The number of ether oxygens (including phenoxy) is 2. The van der Waals surface area contributed by atoms with E-state index in [4.69, 9.17) is 21.1 Å². The molecular weight excluding hydrogens is 430 g/mol. The minimum absolute atomic E-state index is 0.0311. The molecule has 0 aliphatic carbocycles. The molecule has 2 aromatic rings. The number of carbonyl (C=O) groups excluding carboxylic acids is 2. The van der Waals surface area contributed by atoms with Crippen LogP contribution in [0.4, 0.5) is 0 Å². The fraction of sp³-hybridized carbons (Fsp3) is 0.360. The number of aliphatic hydroxyl groups excluding tert-OH is 1. The van der Waals surface area contributed by atoms with Crippen molar-refractivity contribution < 1.29 is 24.2 Å². The van der Waals surface area contributed by atoms with Gasteiger partial charge in [0.05, 0.1) is 29.9 Å². The van der Waals surface area contributed by atoms with Crippen molar-refractivity contribution in [3.63, 3.8) is 0 Å².